The summed E-state index contributed by atoms with van der Waals surface area (Å²) in [5, 5.41) is 2.73. The van der Waals surface area contributed by atoms with Crippen LogP contribution in [0.5, 0.6) is 0 Å². The van der Waals surface area contributed by atoms with Crippen LogP contribution in [0.25, 0.3) is 0 Å². The van der Waals surface area contributed by atoms with Crippen LogP contribution in [-0.4, -0.2) is 58.0 Å². The predicted molar refractivity (Wildman–Crippen MR) is 101 cm³/mol. The number of amides is 1. The number of ether oxygens (including phenoxy) is 1. The molecule has 144 valence electrons. The molecule has 1 aliphatic heterocycles. The first-order valence-electron chi connectivity index (χ1n) is 8.06. The fourth-order valence-corrected chi connectivity index (χ4v) is 5.59. The van der Waals surface area contributed by atoms with Crippen molar-refractivity contribution in [1.82, 2.24) is 9.62 Å². The van der Waals surface area contributed by atoms with Crippen molar-refractivity contribution in [3.8, 4) is 0 Å². The van der Waals surface area contributed by atoms with Gasteiger partial charge in [0.25, 0.3) is 10.0 Å². The lowest BCUT2D eigenvalue weighted by Crippen LogP contribution is -2.44. The molecule has 1 saturated heterocycles. The fraction of sp³-hybridized carbons (Fsp3) is 0.667. The molecule has 10 heteroatoms. The monoisotopic (exact) mass is 411 g/mol. The molecule has 0 radical (unpaired) electrons. The van der Waals surface area contributed by atoms with Gasteiger partial charge in [0.2, 0.25) is 5.91 Å². The maximum absolute atomic E-state index is 12.6. The molecule has 1 atom stereocenters. The zero-order valence-corrected chi connectivity index (χ0v) is 16.7. The van der Waals surface area contributed by atoms with Gasteiger partial charge in [0, 0.05) is 31.6 Å². The quantitative estimate of drug-likeness (QED) is 0.663. The van der Waals surface area contributed by atoms with E-state index in [2.05, 4.69) is 5.32 Å². The minimum Gasteiger partial charge on any atom is -0.383 e. The Hall–Kier alpha value is -0.710. The lowest BCUT2D eigenvalue weighted by molar-refractivity contribution is -0.123. The number of nitrogens with zero attached hydrogens (tertiary/aromatic N) is 1. The molecule has 1 amide bonds. The summed E-state index contributed by atoms with van der Waals surface area (Å²) in [4.78, 5) is 12.6. The molecule has 0 aliphatic carbocycles. The number of nitrogens with one attached hydrogen (secondary N) is 1. The molecule has 1 unspecified atom stereocenters. The molecule has 1 aromatic rings. The lowest BCUT2D eigenvalue weighted by atomic mass is 10.2. The number of methoxy groups -OCH3 is 1. The summed E-state index contributed by atoms with van der Waals surface area (Å²) in [7, 11) is -1.89. The van der Waals surface area contributed by atoms with Crippen molar-refractivity contribution in [2.45, 2.75) is 35.9 Å². The first-order chi connectivity index (χ1) is 11.4. The second-order valence-electron chi connectivity index (χ2n) is 5.79. The molecule has 25 heavy (non-hydrogen) atoms. The molecule has 7 nitrogen and oxygen atoms in total. The Morgan fingerprint density at radius 3 is 2.68 bits per heavy atom. The third kappa shape index (κ3) is 6.19. The summed E-state index contributed by atoms with van der Waals surface area (Å²) in [6.07, 6.45) is 3.51. The average molecular weight is 412 g/mol. The van der Waals surface area contributed by atoms with Gasteiger partial charge in [-0.1, -0.05) is 6.42 Å². The third-order valence-electron chi connectivity index (χ3n) is 3.90. The maximum Gasteiger partial charge on any atom is 0.252 e. The summed E-state index contributed by atoms with van der Waals surface area (Å²) in [5.41, 5.74) is 5.63. The van der Waals surface area contributed by atoms with E-state index in [1.54, 1.807) is 10.4 Å². The van der Waals surface area contributed by atoms with Gasteiger partial charge in [-0.15, -0.1) is 23.7 Å². The number of rotatable bonds is 8. The second kappa shape index (κ2) is 10.4. The molecule has 0 aromatic carbocycles. The summed E-state index contributed by atoms with van der Waals surface area (Å²) in [6.45, 7) is 1.79. The molecule has 1 aliphatic rings. The van der Waals surface area contributed by atoms with E-state index in [0.717, 1.165) is 24.1 Å². The van der Waals surface area contributed by atoms with Gasteiger partial charge in [-0.2, -0.15) is 4.31 Å². The standard InChI is InChI=1S/C15H25N3O4S2.ClH/c1-22-11-13(16)15(19)17-8-7-12-5-6-14(23-12)24(20,21)18-9-3-2-4-10-18;/h5-6,13H,2-4,7-11,16H2,1H3,(H,17,19);1H. The Kier molecular flexibility index (Phi) is 9.33. The van der Waals surface area contributed by atoms with Crippen molar-refractivity contribution in [1.29, 1.82) is 0 Å². The summed E-state index contributed by atoms with van der Waals surface area (Å²) < 4.78 is 31.9. The Bertz CT molecular complexity index is 645. The first kappa shape index (κ1) is 22.3. The number of nitrogens with two attached hydrogens (primary N) is 1. The predicted octanol–water partition coefficient (Wildman–Crippen LogP) is 0.977. The highest BCUT2D eigenvalue weighted by Crippen LogP contribution is 2.27. The lowest BCUT2D eigenvalue weighted by Gasteiger charge is -2.25. The van der Waals surface area contributed by atoms with Gasteiger partial charge in [-0.25, -0.2) is 8.42 Å². The number of halogens is 1. The van der Waals surface area contributed by atoms with Gasteiger partial charge in [0.05, 0.1) is 6.61 Å². The van der Waals surface area contributed by atoms with E-state index in [0.29, 0.717) is 30.3 Å². The van der Waals surface area contributed by atoms with Gasteiger partial charge >= 0.3 is 0 Å². The third-order valence-corrected chi connectivity index (χ3v) is 7.41. The zero-order valence-electron chi connectivity index (χ0n) is 14.3. The van der Waals surface area contributed by atoms with Gasteiger partial charge in [-0.05, 0) is 31.4 Å². The molecular formula is C15H26ClN3O4S2. The van der Waals surface area contributed by atoms with Crippen molar-refractivity contribution < 1.29 is 17.9 Å². The SMILES string of the molecule is COCC(N)C(=O)NCCc1ccc(S(=O)(=O)N2CCCCC2)s1.Cl. The number of piperidine rings is 1. The van der Waals surface area contributed by atoms with E-state index >= 15 is 0 Å². The van der Waals surface area contributed by atoms with Crippen LogP contribution < -0.4 is 11.1 Å². The van der Waals surface area contributed by atoms with Gasteiger partial charge in [0.15, 0.2) is 0 Å². The smallest absolute Gasteiger partial charge is 0.252 e. The number of thiophene rings is 1. The summed E-state index contributed by atoms with van der Waals surface area (Å²) in [6, 6.07) is 2.78. The van der Waals surface area contributed by atoms with Crippen LogP contribution in [0.15, 0.2) is 16.3 Å². The first-order valence-corrected chi connectivity index (χ1v) is 10.3. The molecule has 2 heterocycles. The highest BCUT2D eigenvalue weighted by Gasteiger charge is 2.27. The van der Waals surface area contributed by atoms with Gasteiger partial charge in [0.1, 0.15) is 10.3 Å². The fourth-order valence-electron chi connectivity index (χ4n) is 2.56. The molecule has 1 fully saturated rings. The van der Waals surface area contributed by atoms with E-state index in [4.69, 9.17) is 10.5 Å². The number of carbonyl (C=O) groups excluding carboxylic acids is 1. The Balaban J connectivity index is 0.00000312. The Labute approximate surface area is 159 Å². The van der Waals surface area contributed by atoms with E-state index in [1.807, 2.05) is 6.07 Å². The highest BCUT2D eigenvalue weighted by molar-refractivity contribution is 7.91. The Morgan fingerprint density at radius 2 is 2.04 bits per heavy atom. The molecule has 1 aromatic heterocycles. The van der Waals surface area contributed by atoms with E-state index in [1.165, 1.54) is 18.4 Å². The second-order valence-corrected chi connectivity index (χ2v) is 9.12. The summed E-state index contributed by atoms with van der Waals surface area (Å²) in [5.74, 6) is -0.269. The minimum atomic E-state index is -3.38. The zero-order chi connectivity index (χ0) is 17.6. The molecule has 2 rings (SSSR count). The molecule has 0 spiro atoms. The largest absolute Gasteiger partial charge is 0.383 e. The van der Waals surface area contributed by atoms with Crippen LogP contribution in [0.4, 0.5) is 0 Å². The molecule has 3 N–H and O–H groups in total. The molecule has 0 bridgehead atoms. The topological polar surface area (TPSA) is 102 Å². The van der Waals surface area contributed by atoms with Crippen LogP contribution >= 0.6 is 23.7 Å². The van der Waals surface area contributed by atoms with Crippen LogP contribution in [0.2, 0.25) is 0 Å². The van der Waals surface area contributed by atoms with Crippen molar-refractivity contribution in [2.75, 3.05) is 33.4 Å². The number of carbonyl (C=O) groups is 1. The molecule has 0 saturated carbocycles. The van der Waals surface area contributed by atoms with Crippen molar-refractivity contribution >= 4 is 39.7 Å². The average Bonchev–Trinajstić information content (AvgIpc) is 3.05. The van der Waals surface area contributed by atoms with Crippen LogP contribution in [0.1, 0.15) is 24.1 Å². The van der Waals surface area contributed by atoms with Crippen LogP contribution in [0.3, 0.4) is 0 Å². The van der Waals surface area contributed by atoms with Gasteiger partial charge in [-0.3, -0.25) is 4.79 Å². The minimum absolute atomic E-state index is 0. The Morgan fingerprint density at radius 1 is 1.36 bits per heavy atom. The van der Waals surface area contributed by atoms with Crippen LogP contribution in [-0.2, 0) is 26.0 Å². The van der Waals surface area contributed by atoms with Crippen molar-refractivity contribution in [3.63, 3.8) is 0 Å². The van der Waals surface area contributed by atoms with E-state index < -0.39 is 16.1 Å². The number of hydrogen-bond donors (Lipinski definition) is 2. The van der Waals surface area contributed by atoms with E-state index in [9.17, 15) is 13.2 Å². The normalized spacial score (nSPS) is 16.9. The number of sulfonamides is 1. The van der Waals surface area contributed by atoms with Crippen molar-refractivity contribution in [3.05, 3.63) is 17.0 Å². The van der Waals surface area contributed by atoms with Crippen molar-refractivity contribution in [2.24, 2.45) is 5.73 Å². The summed E-state index contributed by atoms with van der Waals surface area (Å²) >= 11 is 1.27. The van der Waals surface area contributed by atoms with Gasteiger partial charge < -0.3 is 15.8 Å². The van der Waals surface area contributed by atoms with Crippen LogP contribution in [0, 0.1) is 0 Å². The number of hydrogen-bond acceptors (Lipinski definition) is 6. The maximum atomic E-state index is 12.6. The molecular weight excluding hydrogens is 386 g/mol. The highest BCUT2D eigenvalue weighted by atomic mass is 35.5. The van der Waals surface area contributed by atoms with E-state index in [-0.39, 0.29) is 24.9 Å².